The smallest absolute Gasteiger partial charge is 0.335 e. The Balaban J connectivity index is 1.59. The van der Waals surface area contributed by atoms with Gasteiger partial charge in [0.1, 0.15) is 0 Å². The number of hydrogen-bond acceptors (Lipinski definition) is 2. The van der Waals surface area contributed by atoms with E-state index in [-0.39, 0.29) is 0 Å². The van der Waals surface area contributed by atoms with Gasteiger partial charge >= 0.3 is 5.97 Å². The summed E-state index contributed by atoms with van der Waals surface area (Å²) in [6.45, 7) is 1.64. The van der Waals surface area contributed by atoms with Gasteiger partial charge in [0, 0.05) is 13.1 Å². The van der Waals surface area contributed by atoms with Crippen molar-refractivity contribution < 1.29 is 9.90 Å². The molecule has 1 aliphatic carbocycles. The first-order chi connectivity index (χ1) is 10.7. The fourth-order valence-electron chi connectivity index (χ4n) is 2.94. The SMILES string of the molecule is O=C(O)c1cccc(CNCC(c2ccccc2)C2CC2)c1. The van der Waals surface area contributed by atoms with Crippen LogP contribution in [-0.4, -0.2) is 17.6 Å². The first-order valence-electron chi connectivity index (χ1n) is 7.82. The number of hydrogen-bond donors (Lipinski definition) is 2. The minimum absolute atomic E-state index is 0.348. The predicted molar refractivity (Wildman–Crippen MR) is 87.0 cm³/mol. The molecule has 0 heterocycles. The van der Waals surface area contributed by atoms with E-state index in [1.807, 2.05) is 6.07 Å². The second-order valence-electron chi connectivity index (χ2n) is 5.99. The van der Waals surface area contributed by atoms with Crippen LogP contribution in [0.5, 0.6) is 0 Å². The molecule has 3 heteroatoms. The van der Waals surface area contributed by atoms with Crippen molar-refractivity contribution >= 4 is 5.97 Å². The first-order valence-corrected chi connectivity index (χ1v) is 7.82. The van der Waals surface area contributed by atoms with Crippen LogP contribution in [0.1, 0.15) is 40.2 Å². The van der Waals surface area contributed by atoms with E-state index in [1.54, 1.807) is 18.2 Å². The highest BCUT2D eigenvalue weighted by Crippen LogP contribution is 2.42. The minimum atomic E-state index is -0.873. The average molecular weight is 295 g/mol. The minimum Gasteiger partial charge on any atom is -0.478 e. The summed E-state index contributed by atoms with van der Waals surface area (Å²) < 4.78 is 0. The summed E-state index contributed by atoms with van der Waals surface area (Å²) in [5.74, 6) is 0.478. The molecule has 3 rings (SSSR count). The molecule has 2 aromatic rings. The molecule has 2 N–H and O–H groups in total. The Kier molecular flexibility index (Phi) is 4.54. The van der Waals surface area contributed by atoms with E-state index in [4.69, 9.17) is 5.11 Å². The molecule has 0 radical (unpaired) electrons. The van der Waals surface area contributed by atoms with Crippen molar-refractivity contribution in [2.45, 2.75) is 25.3 Å². The quantitative estimate of drug-likeness (QED) is 0.819. The summed E-state index contributed by atoms with van der Waals surface area (Å²) in [7, 11) is 0. The third kappa shape index (κ3) is 3.74. The molecule has 0 aromatic heterocycles. The van der Waals surface area contributed by atoms with E-state index in [0.717, 1.165) is 18.0 Å². The van der Waals surface area contributed by atoms with Crippen LogP contribution >= 0.6 is 0 Å². The van der Waals surface area contributed by atoms with Gasteiger partial charge < -0.3 is 10.4 Å². The van der Waals surface area contributed by atoms with Crippen LogP contribution in [-0.2, 0) is 6.54 Å². The van der Waals surface area contributed by atoms with Gasteiger partial charge in [-0.3, -0.25) is 0 Å². The largest absolute Gasteiger partial charge is 0.478 e. The second kappa shape index (κ2) is 6.75. The van der Waals surface area contributed by atoms with Gasteiger partial charge in [0.25, 0.3) is 0 Å². The molecular formula is C19H21NO2. The molecule has 1 aliphatic rings. The number of carboxylic acids is 1. The van der Waals surface area contributed by atoms with Crippen molar-refractivity contribution in [3.8, 4) is 0 Å². The fourth-order valence-corrected chi connectivity index (χ4v) is 2.94. The van der Waals surface area contributed by atoms with Gasteiger partial charge in [-0.05, 0) is 47.9 Å². The lowest BCUT2D eigenvalue weighted by Crippen LogP contribution is -2.22. The standard InChI is InChI=1S/C19H21NO2/c21-19(22)17-8-4-5-14(11-17)12-20-13-18(16-9-10-16)15-6-2-1-3-7-15/h1-8,11,16,18,20H,9-10,12-13H2,(H,21,22). The molecule has 0 bridgehead atoms. The maximum Gasteiger partial charge on any atom is 0.335 e. The summed E-state index contributed by atoms with van der Waals surface area (Å²) in [5.41, 5.74) is 2.76. The molecule has 0 amide bonds. The van der Waals surface area contributed by atoms with Crippen LogP contribution in [0, 0.1) is 5.92 Å². The number of carboxylic acid groups (broad SMARTS) is 1. The van der Waals surface area contributed by atoms with Gasteiger partial charge in [-0.2, -0.15) is 0 Å². The third-order valence-electron chi connectivity index (χ3n) is 4.29. The molecule has 1 unspecified atom stereocenters. The second-order valence-corrected chi connectivity index (χ2v) is 5.99. The number of rotatable bonds is 7. The molecule has 0 aliphatic heterocycles. The van der Waals surface area contributed by atoms with Crippen molar-refractivity contribution in [1.29, 1.82) is 0 Å². The number of aromatic carboxylic acids is 1. The monoisotopic (exact) mass is 295 g/mol. The number of nitrogens with one attached hydrogen (secondary N) is 1. The highest BCUT2D eigenvalue weighted by atomic mass is 16.4. The summed E-state index contributed by atoms with van der Waals surface area (Å²) in [4.78, 5) is 11.0. The van der Waals surface area contributed by atoms with Gasteiger partial charge in [0.05, 0.1) is 5.56 Å². The lowest BCUT2D eigenvalue weighted by molar-refractivity contribution is 0.0696. The summed E-state index contributed by atoms with van der Waals surface area (Å²) in [6.07, 6.45) is 2.63. The number of carbonyl (C=O) groups is 1. The van der Waals surface area contributed by atoms with Gasteiger partial charge in [0.15, 0.2) is 0 Å². The van der Waals surface area contributed by atoms with E-state index in [2.05, 4.69) is 35.6 Å². The molecule has 1 fully saturated rings. The Labute approximate surface area is 131 Å². The Hall–Kier alpha value is -2.13. The summed E-state index contributed by atoms with van der Waals surface area (Å²) >= 11 is 0. The molecular weight excluding hydrogens is 274 g/mol. The molecule has 1 saturated carbocycles. The van der Waals surface area contributed by atoms with Crippen molar-refractivity contribution in [3.63, 3.8) is 0 Å². The first kappa shape index (κ1) is 14.8. The molecule has 114 valence electrons. The molecule has 3 nitrogen and oxygen atoms in total. The van der Waals surface area contributed by atoms with Gasteiger partial charge in [0.2, 0.25) is 0 Å². The van der Waals surface area contributed by atoms with E-state index in [0.29, 0.717) is 18.0 Å². The maximum absolute atomic E-state index is 11.0. The average Bonchev–Trinajstić information content (AvgIpc) is 3.37. The Morgan fingerprint density at radius 1 is 1.14 bits per heavy atom. The molecule has 0 spiro atoms. The van der Waals surface area contributed by atoms with E-state index in [9.17, 15) is 4.79 Å². The molecule has 1 atom stereocenters. The van der Waals surface area contributed by atoms with Crippen molar-refractivity contribution in [2.24, 2.45) is 5.92 Å². The van der Waals surface area contributed by atoms with Crippen molar-refractivity contribution in [2.75, 3.05) is 6.54 Å². The van der Waals surface area contributed by atoms with E-state index >= 15 is 0 Å². The fraction of sp³-hybridized carbons (Fsp3) is 0.316. The van der Waals surface area contributed by atoms with Crippen molar-refractivity contribution in [3.05, 3.63) is 71.3 Å². The van der Waals surface area contributed by atoms with Crippen LogP contribution in [0.3, 0.4) is 0 Å². The molecule has 0 saturated heterocycles. The Morgan fingerprint density at radius 3 is 2.59 bits per heavy atom. The topological polar surface area (TPSA) is 49.3 Å². The van der Waals surface area contributed by atoms with Crippen LogP contribution < -0.4 is 5.32 Å². The van der Waals surface area contributed by atoms with Gasteiger partial charge in [-0.1, -0.05) is 42.5 Å². The third-order valence-corrected chi connectivity index (χ3v) is 4.29. The highest BCUT2D eigenvalue weighted by Gasteiger charge is 2.31. The zero-order valence-corrected chi connectivity index (χ0v) is 12.5. The maximum atomic E-state index is 11.0. The highest BCUT2D eigenvalue weighted by molar-refractivity contribution is 5.87. The van der Waals surface area contributed by atoms with E-state index < -0.39 is 5.97 Å². The normalized spacial score (nSPS) is 15.5. The van der Waals surface area contributed by atoms with Gasteiger partial charge in [-0.15, -0.1) is 0 Å². The van der Waals surface area contributed by atoms with Crippen LogP contribution in [0.4, 0.5) is 0 Å². The number of benzene rings is 2. The predicted octanol–water partition coefficient (Wildman–Crippen LogP) is 3.67. The molecule has 22 heavy (non-hydrogen) atoms. The lowest BCUT2D eigenvalue weighted by atomic mass is 9.94. The Morgan fingerprint density at radius 2 is 1.91 bits per heavy atom. The van der Waals surface area contributed by atoms with E-state index in [1.165, 1.54) is 18.4 Å². The summed E-state index contributed by atoms with van der Waals surface area (Å²) in [5, 5.41) is 12.5. The Bertz CT molecular complexity index is 635. The van der Waals surface area contributed by atoms with Crippen molar-refractivity contribution in [1.82, 2.24) is 5.32 Å². The lowest BCUT2D eigenvalue weighted by Gasteiger charge is -2.17. The molecule has 2 aromatic carbocycles. The van der Waals surface area contributed by atoms with Crippen LogP contribution in [0.15, 0.2) is 54.6 Å². The zero-order chi connectivity index (χ0) is 15.4. The van der Waals surface area contributed by atoms with Crippen LogP contribution in [0.2, 0.25) is 0 Å². The van der Waals surface area contributed by atoms with Crippen LogP contribution in [0.25, 0.3) is 0 Å². The zero-order valence-electron chi connectivity index (χ0n) is 12.5. The van der Waals surface area contributed by atoms with Gasteiger partial charge in [-0.25, -0.2) is 4.79 Å². The summed E-state index contributed by atoms with van der Waals surface area (Å²) in [6, 6.07) is 17.8.